The van der Waals surface area contributed by atoms with E-state index < -0.39 is 0 Å². The average Bonchev–Trinajstić information content (AvgIpc) is 2.45. The van der Waals surface area contributed by atoms with E-state index in [1.54, 1.807) is 36.4 Å². The quantitative estimate of drug-likeness (QED) is 0.744. The van der Waals surface area contributed by atoms with E-state index in [1.165, 1.54) is 5.56 Å². The van der Waals surface area contributed by atoms with Gasteiger partial charge in [0.2, 0.25) is 0 Å². The number of aromatic hydroxyl groups is 2. The molecule has 2 aromatic carbocycles. The molecule has 0 heterocycles. The lowest BCUT2D eigenvalue weighted by Crippen LogP contribution is -2.01. The van der Waals surface area contributed by atoms with Crippen molar-refractivity contribution in [1.82, 2.24) is 0 Å². The Morgan fingerprint density at radius 2 is 1.30 bits per heavy atom. The van der Waals surface area contributed by atoms with Crippen molar-refractivity contribution in [3.8, 4) is 11.5 Å². The monoisotopic (exact) mass is 273 g/mol. The van der Waals surface area contributed by atoms with E-state index in [1.807, 2.05) is 12.1 Å². The van der Waals surface area contributed by atoms with Gasteiger partial charge < -0.3 is 20.7 Å². The van der Waals surface area contributed by atoms with E-state index in [4.69, 9.17) is 15.9 Å². The van der Waals surface area contributed by atoms with Crippen molar-refractivity contribution in [2.24, 2.45) is 5.73 Å². The van der Waals surface area contributed by atoms with Gasteiger partial charge in [-0.2, -0.15) is 0 Å². The first kappa shape index (κ1) is 15.7. The summed E-state index contributed by atoms with van der Waals surface area (Å²) in [6.45, 7) is 0.658. The first-order chi connectivity index (χ1) is 9.65. The minimum atomic E-state index is 0.231. The summed E-state index contributed by atoms with van der Waals surface area (Å²) >= 11 is 0. The number of nitrogens with two attached hydrogens (primary N) is 1. The number of aldehydes is 1. The van der Waals surface area contributed by atoms with E-state index in [9.17, 15) is 4.79 Å². The maximum Gasteiger partial charge on any atom is 0.124 e. The van der Waals surface area contributed by atoms with Crippen molar-refractivity contribution in [2.75, 3.05) is 6.54 Å². The first-order valence-electron chi connectivity index (χ1n) is 6.35. The third-order valence-electron chi connectivity index (χ3n) is 2.62. The van der Waals surface area contributed by atoms with Gasteiger partial charge in [-0.1, -0.05) is 24.3 Å². The standard InChI is InChI=1S/C8H11NO.C8H8O2/c2*9-6-5-7-1-3-8(10)4-2-7/h1-4,10H,5-6,9H2;1-4,6,10H,5H2. The molecule has 20 heavy (non-hydrogen) atoms. The summed E-state index contributed by atoms with van der Waals surface area (Å²) in [6.07, 6.45) is 2.13. The Morgan fingerprint density at radius 1 is 0.850 bits per heavy atom. The van der Waals surface area contributed by atoms with Crippen LogP contribution in [0.2, 0.25) is 0 Å². The van der Waals surface area contributed by atoms with Crippen molar-refractivity contribution in [2.45, 2.75) is 12.8 Å². The zero-order valence-corrected chi connectivity index (χ0v) is 11.2. The predicted octanol–water partition coefficient (Wildman–Crippen LogP) is 2.03. The van der Waals surface area contributed by atoms with Gasteiger partial charge in [0, 0.05) is 6.42 Å². The lowest BCUT2D eigenvalue weighted by atomic mass is 10.1. The lowest BCUT2D eigenvalue weighted by molar-refractivity contribution is -0.107. The topological polar surface area (TPSA) is 83.5 Å². The van der Waals surface area contributed by atoms with Crippen LogP contribution in [0.1, 0.15) is 11.1 Å². The average molecular weight is 273 g/mol. The summed E-state index contributed by atoms with van der Waals surface area (Å²) in [6, 6.07) is 13.7. The summed E-state index contributed by atoms with van der Waals surface area (Å²) < 4.78 is 0. The van der Waals surface area contributed by atoms with Gasteiger partial charge in [-0.25, -0.2) is 0 Å². The number of phenolic OH excluding ortho intramolecular Hbond substituents is 2. The molecule has 2 rings (SSSR count). The third-order valence-corrected chi connectivity index (χ3v) is 2.62. The van der Waals surface area contributed by atoms with E-state index in [2.05, 4.69) is 0 Å². The van der Waals surface area contributed by atoms with Crippen LogP contribution in [0.5, 0.6) is 11.5 Å². The van der Waals surface area contributed by atoms with Gasteiger partial charge in [0.25, 0.3) is 0 Å². The van der Waals surface area contributed by atoms with E-state index >= 15 is 0 Å². The minimum Gasteiger partial charge on any atom is -0.508 e. The molecule has 0 amide bonds. The lowest BCUT2D eigenvalue weighted by Gasteiger charge is -1.96. The molecule has 0 fully saturated rings. The highest BCUT2D eigenvalue weighted by Gasteiger charge is 1.90. The highest BCUT2D eigenvalue weighted by atomic mass is 16.3. The highest BCUT2D eigenvalue weighted by Crippen LogP contribution is 2.09. The Morgan fingerprint density at radius 3 is 1.70 bits per heavy atom. The van der Waals surface area contributed by atoms with Crippen molar-refractivity contribution in [1.29, 1.82) is 0 Å². The van der Waals surface area contributed by atoms with Gasteiger partial charge in [-0.3, -0.25) is 0 Å². The fourth-order valence-corrected chi connectivity index (χ4v) is 1.56. The van der Waals surface area contributed by atoms with Gasteiger partial charge >= 0.3 is 0 Å². The fourth-order valence-electron chi connectivity index (χ4n) is 1.56. The van der Waals surface area contributed by atoms with Crippen LogP contribution in [-0.2, 0) is 17.6 Å². The molecule has 106 valence electrons. The smallest absolute Gasteiger partial charge is 0.124 e. The first-order valence-corrected chi connectivity index (χ1v) is 6.35. The Labute approximate surface area is 118 Å². The molecule has 4 nitrogen and oxygen atoms in total. The summed E-state index contributed by atoms with van der Waals surface area (Å²) in [5.41, 5.74) is 7.43. The van der Waals surface area contributed by atoms with E-state index in [0.29, 0.717) is 18.7 Å². The van der Waals surface area contributed by atoms with Crippen molar-refractivity contribution in [3.63, 3.8) is 0 Å². The summed E-state index contributed by atoms with van der Waals surface area (Å²) in [4.78, 5) is 10.00. The maximum atomic E-state index is 10.00. The van der Waals surface area contributed by atoms with E-state index in [-0.39, 0.29) is 5.75 Å². The van der Waals surface area contributed by atoms with Crippen LogP contribution < -0.4 is 5.73 Å². The molecule has 4 N–H and O–H groups in total. The Bertz CT molecular complexity index is 506. The molecule has 0 aliphatic rings. The SMILES string of the molecule is NCCc1ccc(O)cc1.O=CCc1ccc(O)cc1. The molecule has 0 spiro atoms. The largest absolute Gasteiger partial charge is 0.508 e. The predicted molar refractivity (Wildman–Crippen MR) is 78.7 cm³/mol. The Balaban J connectivity index is 0.000000200. The number of phenols is 2. The molecule has 0 saturated carbocycles. The number of hydrogen-bond donors (Lipinski definition) is 3. The zero-order chi connectivity index (χ0) is 14.8. The molecule has 0 aliphatic carbocycles. The van der Waals surface area contributed by atoms with Gasteiger partial charge in [0.05, 0.1) is 0 Å². The molecular weight excluding hydrogens is 254 g/mol. The van der Waals surface area contributed by atoms with Crippen LogP contribution in [0.25, 0.3) is 0 Å². The fraction of sp³-hybridized carbons (Fsp3) is 0.188. The van der Waals surface area contributed by atoms with Gasteiger partial charge in [0.1, 0.15) is 17.8 Å². The molecule has 0 radical (unpaired) electrons. The van der Waals surface area contributed by atoms with Crippen LogP contribution in [0, 0.1) is 0 Å². The highest BCUT2D eigenvalue weighted by molar-refractivity contribution is 5.55. The molecule has 0 unspecified atom stereocenters. The van der Waals surface area contributed by atoms with Crippen LogP contribution in [0.4, 0.5) is 0 Å². The second-order valence-electron chi connectivity index (χ2n) is 4.24. The number of rotatable bonds is 4. The molecule has 0 aliphatic heterocycles. The molecule has 0 atom stereocenters. The molecule has 2 aromatic rings. The number of carbonyl (C=O) groups is 1. The number of benzene rings is 2. The van der Waals surface area contributed by atoms with Crippen LogP contribution in [-0.4, -0.2) is 23.0 Å². The van der Waals surface area contributed by atoms with Crippen LogP contribution in [0.3, 0.4) is 0 Å². The third kappa shape index (κ3) is 6.02. The van der Waals surface area contributed by atoms with Crippen molar-refractivity contribution < 1.29 is 15.0 Å². The molecular formula is C16H19NO3. The normalized spacial score (nSPS) is 9.45. The van der Waals surface area contributed by atoms with Crippen LogP contribution >= 0.6 is 0 Å². The number of carbonyl (C=O) groups excluding carboxylic acids is 1. The van der Waals surface area contributed by atoms with Gasteiger partial charge in [0.15, 0.2) is 0 Å². The molecule has 4 heteroatoms. The Kier molecular flexibility index (Phi) is 6.85. The van der Waals surface area contributed by atoms with Crippen molar-refractivity contribution in [3.05, 3.63) is 59.7 Å². The second kappa shape index (κ2) is 8.72. The molecule has 0 saturated heterocycles. The van der Waals surface area contributed by atoms with E-state index in [0.717, 1.165) is 18.3 Å². The van der Waals surface area contributed by atoms with Gasteiger partial charge in [-0.05, 0) is 48.4 Å². The molecule has 0 aromatic heterocycles. The Hall–Kier alpha value is -2.33. The minimum absolute atomic E-state index is 0.231. The summed E-state index contributed by atoms with van der Waals surface area (Å²) in [7, 11) is 0. The summed E-state index contributed by atoms with van der Waals surface area (Å²) in [5, 5.41) is 17.7. The van der Waals surface area contributed by atoms with Crippen molar-refractivity contribution >= 4 is 6.29 Å². The second-order valence-corrected chi connectivity index (χ2v) is 4.24. The maximum absolute atomic E-state index is 10.00. The zero-order valence-electron chi connectivity index (χ0n) is 11.2. The molecule has 0 bridgehead atoms. The number of hydrogen-bond acceptors (Lipinski definition) is 4. The summed E-state index contributed by atoms with van der Waals surface area (Å²) in [5.74, 6) is 0.537. The van der Waals surface area contributed by atoms with Crippen LogP contribution in [0.15, 0.2) is 48.5 Å². The van der Waals surface area contributed by atoms with Gasteiger partial charge in [-0.15, -0.1) is 0 Å².